The predicted molar refractivity (Wildman–Crippen MR) is 69.0 cm³/mol. The lowest BCUT2D eigenvalue weighted by Crippen LogP contribution is -2.26. The number of rotatable bonds is 6. The van der Waals surface area contributed by atoms with E-state index >= 15 is 0 Å². The Kier molecular flexibility index (Phi) is 4.61. The van der Waals surface area contributed by atoms with E-state index in [-0.39, 0.29) is 0 Å². The molecule has 0 unspecified atom stereocenters. The van der Waals surface area contributed by atoms with Crippen molar-refractivity contribution in [3.05, 3.63) is 53.4 Å². The molecular weight excluding hydrogens is 235 g/mol. The molecule has 3 nitrogen and oxygen atoms in total. The zero-order valence-electron chi connectivity index (χ0n) is 9.28. The molecule has 2 rings (SSSR count). The van der Waals surface area contributed by atoms with Crippen molar-refractivity contribution in [3.63, 3.8) is 0 Å². The van der Waals surface area contributed by atoms with Crippen molar-refractivity contribution in [3.8, 4) is 5.06 Å². The molecule has 1 N–H and O–H groups in total. The molecule has 0 radical (unpaired) electrons. The lowest BCUT2D eigenvalue weighted by atomic mass is 10.1. The van der Waals surface area contributed by atoms with Crippen LogP contribution in [0.5, 0.6) is 5.06 Å². The number of hydrogen-bond acceptors (Lipinski definition) is 4. The van der Waals surface area contributed by atoms with Gasteiger partial charge in [0.25, 0.3) is 0 Å². The van der Waals surface area contributed by atoms with Crippen LogP contribution in [-0.2, 0) is 11.1 Å². The normalized spacial score (nSPS) is 10.2. The third-order valence-corrected chi connectivity index (χ3v) is 2.96. The van der Waals surface area contributed by atoms with Gasteiger partial charge in [-0.25, -0.2) is 0 Å². The standard InChI is InChI=1S/C12H13BO3S/c14-13(16-12-7-4-10-17-12)15-9-8-11-5-2-1-3-6-11/h1-7,10,14H,8-9H2. The van der Waals surface area contributed by atoms with Crippen LogP contribution >= 0.6 is 11.3 Å². The van der Waals surface area contributed by atoms with Gasteiger partial charge in [0.05, 0.1) is 0 Å². The Morgan fingerprint density at radius 2 is 1.94 bits per heavy atom. The van der Waals surface area contributed by atoms with Crippen molar-refractivity contribution in [1.29, 1.82) is 0 Å². The quantitative estimate of drug-likeness (QED) is 0.797. The summed E-state index contributed by atoms with van der Waals surface area (Å²) in [5.41, 5.74) is 1.18. The summed E-state index contributed by atoms with van der Waals surface area (Å²) in [6.45, 7) is 0.427. The molecule has 0 bridgehead atoms. The highest BCUT2D eigenvalue weighted by atomic mass is 32.1. The van der Waals surface area contributed by atoms with Crippen molar-refractivity contribution in [2.45, 2.75) is 6.42 Å². The van der Waals surface area contributed by atoms with Crippen LogP contribution in [0.3, 0.4) is 0 Å². The Morgan fingerprint density at radius 3 is 2.65 bits per heavy atom. The van der Waals surface area contributed by atoms with Gasteiger partial charge >= 0.3 is 7.32 Å². The first kappa shape index (κ1) is 12.2. The molecule has 1 aromatic carbocycles. The average Bonchev–Trinajstić information content (AvgIpc) is 2.83. The molecule has 1 heterocycles. The van der Waals surface area contributed by atoms with Crippen molar-refractivity contribution in [1.82, 2.24) is 0 Å². The third-order valence-electron chi connectivity index (χ3n) is 2.21. The van der Waals surface area contributed by atoms with Gasteiger partial charge in [0, 0.05) is 6.61 Å². The summed E-state index contributed by atoms with van der Waals surface area (Å²) in [7, 11) is -1.20. The van der Waals surface area contributed by atoms with E-state index < -0.39 is 7.32 Å². The highest BCUT2D eigenvalue weighted by Crippen LogP contribution is 2.18. The molecule has 0 spiro atoms. The molecule has 0 saturated heterocycles. The Morgan fingerprint density at radius 1 is 1.12 bits per heavy atom. The van der Waals surface area contributed by atoms with E-state index in [2.05, 4.69) is 0 Å². The lowest BCUT2D eigenvalue weighted by Gasteiger charge is -2.07. The van der Waals surface area contributed by atoms with Crippen molar-refractivity contribution in [2.24, 2.45) is 0 Å². The van der Waals surface area contributed by atoms with Gasteiger partial charge < -0.3 is 14.3 Å². The maximum absolute atomic E-state index is 9.46. The molecule has 0 amide bonds. The SMILES string of the molecule is OB(OCCc1ccccc1)Oc1cccs1. The molecule has 1 aromatic heterocycles. The molecule has 0 atom stereocenters. The second kappa shape index (κ2) is 6.44. The lowest BCUT2D eigenvalue weighted by molar-refractivity contribution is 0.197. The van der Waals surface area contributed by atoms with Crippen LogP contribution < -0.4 is 4.65 Å². The number of thiophene rings is 1. The van der Waals surface area contributed by atoms with Crippen molar-refractivity contribution >= 4 is 18.7 Å². The van der Waals surface area contributed by atoms with Crippen molar-refractivity contribution in [2.75, 3.05) is 6.61 Å². The van der Waals surface area contributed by atoms with E-state index in [0.717, 1.165) is 6.42 Å². The Bertz CT molecular complexity index is 419. The fraction of sp³-hybridized carbons (Fsp3) is 0.167. The first-order valence-corrected chi connectivity index (χ1v) is 6.26. The van der Waals surface area contributed by atoms with Crippen LogP contribution in [0.1, 0.15) is 5.56 Å². The third kappa shape index (κ3) is 4.22. The van der Waals surface area contributed by atoms with Gasteiger partial charge in [0.1, 0.15) is 0 Å². The second-order valence-corrected chi connectivity index (χ2v) is 4.37. The predicted octanol–water partition coefficient (Wildman–Crippen LogP) is 2.36. The zero-order chi connectivity index (χ0) is 11.9. The highest BCUT2D eigenvalue weighted by molar-refractivity contribution is 7.12. The molecule has 17 heavy (non-hydrogen) atoms. The van der Waals surface area contributed by atoms with Gasteiger partial charge in [-0.3, -0.25) is 0 Å². The summed E-state index contributed by atoms with van der Waals surface area (Å²) < 4.78 is 10.3. The molecule has 0 aliphatic rings. The minimum atomic E-state index is -1.20. The largest absolute Gasteiger partial charge is 0.710 e. The summed E-state index contributed by atoms with van der Waals surface area (Å²) >= 11 is 1.42. The summed E-state index contributed by atoms with van der Waals surface area (Å²) in [4.78, 5) is 0. The van der Waals surface area contributed by atoms with Crippen molar-refractivity contribution < 1.29 is 14.3 Å². The molecular formula is C12H13BO3S. The van der Waals surface area contributed by atoms with Crippen LogP contribution in [0, 0.1) is 0 Å². The Balaban J connectivity index is 1.68. The summed E-state index contributed by atoms with van der Waals surface area (Å²) in [5, 5.41) is 12.0. The summed E-state index contributed by atoms with van der Waals surface area (Å²) in [5.74, 6) is 0. The minimum absolute atomic E-state index is 0.427. The van der Waals surface area contributed by atoms with E-state index in [0.29, 0.717) is 11.7 Å². The van der Waals surface area contributed by atoms with Crippen LogP contribution in [0.4, 0.5) is 0 Å². The molecule has 0 fully saturated rings. The molecule has 0 aliphatic carbocycles. The molecule has 2 aromatic rings. The van der Waals surface area contributed by atoms with E-state index in [9.17, 15) is 5.02 Å². The maximum Gasteiger partial charge on any atom is 0.710 e. The fourth-order valence-electron chi connectivity index (χ4n) is 1.39. The van der Waals surface area contributed by atoms with Gasteiger partial charge in [-0.15, -0.1) is 11.3 Å². The number of hydrogen-bond donors (Lipinski definition) is 1. The highest BCUT2D eigenvalue weighted by Gasteiger charge is 2.18. The monoisotopic (exact) mass is 248 g/mol. The first-order chi connectivity index (χ1) is 8.34. The van der Waals surface area contributed by atoms with E-state index in [1.807, 2.05) is 41.8 Å². The molecule has 5 heteroatoms. The molecule has 0 saturated carbocycles. The van der Waals surface area contributed by atoms with Gasteiger partial charge in [-0.2, -0.15) is 0 Å². The summed E-state index contributed by atoms with van der Waals surface area (Å²) in [6.07, 6.45) is 0.756. The van der Waals surface area contributed by atoms with Gasteiger partial charge in [-0.1, -0.05) is 30.3 Å². The Labute approximate surface area is 105 Å². The van der Waals surface area contributed by atoms with E-state index in [4.69, 9.17) is 9.31 Å². The molecule has 0 aliphatic heterocycles. The minimum Gasteiger partial charge on any atom is -0.504 e. The van der Waals surface area contributed by atoms with Crippen LogP contribution in [0.15, 0.2) is 47.8 Å². The van der Waals surface area contributed by atoms with Gasteiger partial charge in [0.15, 0.2) is 5.06 Å². The fourth-order valence-corrected chi connectivity index (χ4v) is 1.97. The molecule has 88 valence electrons. The van der Waals surface area contributed by atoms with Crippen LogP contribution in [0.25, 0.3) is 0 Å². The Hall–Kier alpha value is -1.30. The average molecular weight is 248 g/mol. The smallest absolute Gasteiger partial charge is 0.504 e. The second-order valence-electron chi connectivity index (χ2n) is 3.46. The maximum atomic E-state index is 9.46. The number of benzene rings is 1. The zero-order valence-corrected chi connectivity index (χ0v) is 10.1. The summed E-state index contributed by atoms with van der Waals surface area (Å²) in [6, 6.07) is 13.6. The van der Waals surface area contributed by atoms with Gasteiger partial charge in [-0.05, 0) is 29.5 Å². The topological polar surface area (TPSA) is 38.7 Å². The van der Waals surface area contributed by atoms with Crippen LogP contribution in [-0.4, -0.2) is 19.0 Å². The van der Waals surface area contributed by atoms with E-state index in [1.165, 1.54) is 16.9 Å². The van der Waals surface area contributed by atoms with E-state index in [1.54, 1.807) is 6.07 Å². The van der Waals surface area contributed by atoms with Crippen LogP contribution in [0.2, 0.25) is 0 Å². The first-order valence-electron chi connectivity index (χ1n) is 5.38. The van der Waals surface area contributed by atoms with Gasteiger partial charge in [0.2, 0.25) is 0 Å².